The summed E-state index contributed by atoms with van der Waals surface area (Å²) in [6, 6.07) is 7.80. The van der Waals surface area contributed by atoms with E-state index in [-0.39, 0.29) is 17.4 Å². The minimum Gasteiger partial charge on any atom is -0.367 e. The molecule has 2 atom stereocenters. The Hall–Kier alpha value is -1.92. The molecule has 6 nitrogen and oxygen atoms in total. The molecule has 0 aromatic heterocycles. The third-order valence-electron chi connectivity index (χ3n) is 5.67. The standard InChI is InChI=1S/C19H25N4O2/c1-21(2)12-19(9-10-19)13-5-7-14(8-6-13)23-17(16(20)24)22-11-3-4-15(22)18(23)25/h4-8,15,17H,3,9-12H2,1-2H3,(H2,20,24)/t15-,17?/m0/s1. The molecule has 1 saturated carbocycles. The maximum atomic E-state index is 12.8. The lowest BCUT2D eigenvalue weighted by molar-refractivity contribution is -0.122. The second kappa shape index (κ2) is 5.81. The Morgan fingerprint density at radius 3 is 2.52 bits per heavy atom. The second-order valence-corrected chi connectivity index (χ2v) is 7.76. The summed E-state index contributed by atoms with van der Waals surface area (Å²) in [5, 5.41) is 0. The van der Waals surface area contributed by atoms with Crippen molar-refractivity contribution in [1.82, 2.24) is 9.80 Å². The van der Waals surface area contributed by atoms with E-state index in [1.807, 2.05) is 23.5 Å². The lowest BCUT2D eigenvalue weighted by Crippen LogP contribution is -2.49. The van der Waals surface area contributed by atoms with Crippen molar-refractivity contribution in [2.75, 3.05) is 32.1 Å². The first-order valence-corrected chi connectivity index (χ1v) is 8.90. The summed E-state index contributed by atoms with van der Waals surface area (Å²) in [5.74, 6) is -0.523. The molecule has 0 spiro atoms. The quantitative estimate of drug-likeness (QED) is 0.857. The highest BCUT2D eigenvalue weighted by atomic mass is 16.2. The third kappa shape index (κ3) is 2.64. The molecule has 2 amide bonds. The van der Waals surface area contributed by atoms with Gasteiger partial charge in [-0.2, -0.15) is 0 Å². The van der Waals surface area contributed by atoms with E-state index in [1.165, 1.54) is 18.4 Å². The van der Waals surface area contributed by atoms with Crippen LogP contribution < -0.4 is 10.6 Å². The van der Waals surface area contributed by atoms with Gasteiger partial charge in [0.2, 0.25) is 5.91 Å². The molecule has 25 heavy (non-hydrogen) atoms. The smallest absolute Gasteiger partial charge is 0.255 e. The minimum atomic E-state index is -0.682. The van der Waals surface area contributed by atoms with Gasteiger partial charge in [0.25, 0.3) is 5.91 Å². The Labute approximate surface area is 148 Å². The highest BCUT2D eigenvalue weighted by Crippen LogP contribution is 2.49. The van der Waals surface area contributed by atoms with Crippen LogP contribution in [0.1, 0.15) is 24.8 Å². The number of likely N-dealkylation sites (N-methyl/N-ethyl adjacent to an activating group) is 1. The summed E-state index contributed by atoms with van der Waals surface area (Å²) in [6.07, 6.45) is 4.51. The van der Waals surface area contributed by atoms with Crippen LogP contribution in [0.15, 0.2) is 24.3 Å². The molecule has 1 unspecified atom stereocenters. The van der Waals surface area contributed by atoms with Crippen LogP contribution in [0.3, 0.4) is 0 Å². The largest absolute Gasteiger partial charge is 0.367 e. The number of rotatable bonds is 5. The van der Waals surface area contributed by atoms with Gasteiger partial charge in [-0.15, -0.1) is 0 Å². The molecule has 2 aliphatic heterocycles. The number of carbonyl (C=O) groups is 2. The molecule has 6 heteroatoms. The predicted octanol–water partition coefficient (Wildman–Crippen LogP) is 0.716. The number of primary amides is 1. The van der Waals surface area contributed by atoms with Gasteiger partial charge >= 0.3 is 0 Å². The number of hydrogen-bond donors (Lipinski definition) is 1. The average Bonchev–Trinajstić information content (AvgIpc) is 3.07. The Morgan fingerprint density at radius 1 is 1.28 bits per heavy atom. The van der Waals surface area contributed by atoms with Crippen LogP contribution in [0.25, 0.3) is 0 Å². The molecule has 1 aliphatic carbocycles. The monoisotopic (exact) mass is 341 g/mol. The maximum absolute atomic E-state index is 12.8. The number of amides is 2. The molecular formula is C19H25N4O2. The fourth-order valence-corrected chi connectivity index (χ4v) is 4.41. The summed E-state index contributed by atoms with van der Waals surface area (Å²) < 4.78 is 0. The number of benzene rings is 1. The second-order valence-electron chi connectivity index (χ2n) is 7.76. The first-order valence-electron chi connectivity index (χ1n) is 8.90. The summed E-state index contributed by atoms with van der Waals surface area (Å²) in [7, 11) is 4.19. The SMILES string of the molecule is CN(C)CC1(c2ccc(N3C(=O)[C@@H]4[CH]CCN4C3C(N)=O)cc2)CC1. The fourth-order valence-electron chi connectivity index (χ4n) is 4.41. The fraction of sp³-hybridized carbons (Fsp3) is 0.526. The molecular weight excluding hydrogens is 316 g/mol. The number of anilines is 1. The zero-order valence-electron chi connectivity index (χ0n) is 14.8. The van der Waals surface area contributed by atoms with Crippen molar-refractivity contribution in [2.24, 2.45) is 5.73 Å². The molecule has 133 valence electrons. The van der Waals surface area contributed by atoms with Crippen molar-refractivity contribution >= 4 is 17.5 Å². The average molecular weight is 341 g/mol. The van der Waals surface area contributed by atoms with Crippen LogP contribution in [-0.4, -0.2) is 61.0 Å². The molecule has 3 aliphatic rings. The lowest BCUT2D eigenvalue weighted by Gasteiger charge is -2.27. The molecule has 1 aromatic carbocycles. The van der Waals surface area contributed by atoms with E-state index in [4.69, 9.17) is 5.73 Å². The lowest BCUT2D eigenvalue weighted by atomic mass is 9.95. The van der Waals surface area contributed by atoms with E-state index < -0.39 is 12.1 Å². The predicted molar refractivity (Wildman–Crippen MR) is 95.8 cm³/mol. The minimum absolute atomic E-state index is 0.0523. The van der Waals surface area contributed by atoms with Gasteiger partial charge in [0, 0.05) is 24.2 Å². The van der Waals surface area contributed by atoms with Crippen LogP contribution in [-0.2, 0) is 15.0 Å². The number of nitrogens with two attached hydrogens (primary N) is 1. The first-order chi connectivity index (χ1) is 11.9. The Bertz CT molecular complexity index is 696. The molecule has 3 fully saturated rings. The van der Waals surface area contributed by atoms with Crippen LogP contribution in [0.5, 0.6) is 0 Å². The van der Waals surface area contributed by atoms with Gasteiger partial charge in [-0.05, 0) is 57.5 Å². The van der Waals surface area contributed by atoms with Crippen LogP contribution in [0, 0.1) is 6.42 Å². The van der Waals surface area contributed by atoms with Gasteiger partial charge in [-0.3, -0.25) is 19.4 Å². The number of fused-ring (bicyclic) bond motifs is 1. The topological polar surface area (TPSA) is 69.9 Å². The highest BCUT2D eigenvalue weighted by Gasteiger charge is 2.51. The Kier molecular flexibility index (Phi) is 3.85. The summed E-state index contributed by atoms with van der Waals surface area (Å²) in [4.78, 5) is 30.5. The summed E-state index contributed by atoms with van der Waals surface area (Å²) in [5.41, 5.74) is 7.91. The molecule has 2 N–H and O–H groups in total. The van der Waals surface area contributed by atoms with Crippen LogP contribution >= 0.6 is 0 Å². The normalized spacial score (nSPS) is 27.8. The van der Waals surface area contributed by atoms with Crippen LogP contribution in [0.4, 0.5) is 5.69 Å². The first kappa shape index (κ1) is 16.5. The maximum Gasteiger partial charge on any atom is 0.255 e. The number of carbonyl (C=O) groups excluding carboxylic acids is 2. The van der Waals surface area contributed by atoms with Crippen molar-refractivity contribution in [3.05, 3.63) is 36.2 Å². The van der Waals surface area contributed by atoms with E-state index in [0.717, 1.165) is 18.7 Å². The molecule has 2 heterocycles. The van der Waals surface area contributed by atoms with Crippen molar-refractivity contribution in [3.8, 4) is 0 Å². The zero-order valence-corrected chi connectivity index (χ0v) is 14.8. The van der Waals surface area contributed by atoms with Crippen molar-refractivity contribution < 1.29 is 9.59 Å². The number of nitrogens with zero attached hydrogens (tertiary/aromatic N) is 3. The Morgan fingerprint density at radius 2 is 1.96 bits per heavy atom. The highest BCUT2D eigenvalue weighted by molar-refractivity contribution is 6.06. The van der Waals surface area contributed by atoms with Gasteiger partial charge in [0.05, 0.1) is 6.04 Å². The van der Waals surface area contributed by atoms with Crippen molar-refractivity contribution in [1.29, 1.82) is 0 Å². The molecule has 1 aromatic rings. The molecule has 4 rings (SSSR count). The Balaban J connectivity index is 1.61. The number of hydrogen-bond acceptors (Lipinski definition) is 4. The molecule has 2 saturated heterocycles. The van der Waals surface area contributed by atoms with E-state index in [9.17, 15) is 9.59 Å². The summed E-state index contributed by atoms with van der Waals surface area (Å²) >= 11 is 0. The van der Waals surface area contributed by atoms with Gasteiger partial charge in [0.1, 0.15) is 0 Å². The molecule has 0 bridgehead atoms. The molecule has 1 radical (unpaired) electrons. The van der Waals surface area contributed by atoms with Gasteiger partial charge in [-0.1, -0.05) is 12.1 Å². The van der Waals surface area contributed by atoms with Crippen molar-refractivity contribution in [2.45, 2.75) is 36.9 Å². The van der Waals surface area contributed by atoms with E-state index in [0.29, 0.717) is 6.54 Å². The van der Waals surface area contributed by atoms with E-state index >= 15 is 0 Å². The van der Waals surface area contributed by atoms with E-state index in [2.05, 4.69) is 31.1 Å². The summed E-state index contributed by atoms with van der Waals surface area (Å²) in [6.45, 7) is 1.73. The van der Waals surface area contributed by atoms with Gasteiger partial charge in [0.15, 0.2) is 6.17 Å². The van der Waals surface area contributed by atoms with Crippen molar-refractivity contribution in [3.63, 3.8) is 0 Å². The van der Waals surface area contributed by atoms with Crippen LogP contribution in [0.2, 0.25) is 0 Å². The van der Waals surface area contributed by atoms with Gasteiger partial charge in [-0.25, -0.2) is 0 Å². The van der Waals surface area contributed by atoms with E-state index in [1.54, 1.807) is 4.90 Å². The zero-order chi connectivity index (χ0) is 17.8. The third-order valence-corrected chi connectivity index (χ3v) is 5.67. The van der Waals surface area contributed by atoms with Gasteiger partial charge < -0.3 is 10.6 Å².